The summed E-state index contributed by atoms with van der Waals surface area (Å²) in [6, 6.07) is 8.30. The highest BCUT2D eigenvalue weighted by atomic mass is 35.5. The Balaban J connectivity index is 2.68. The molecule has 0 aliphatic rings. The first kappa shape index (κ1) is 10.6. The lowest BCUT2D eigenvalue weighted by molar-refractivity contribution is 0.992. The van der Waals surface area contributed by atoms with E-state index >= 15 is 0 Å². The standard InChI is InChI=1S/C14H13ClN2/c1-8-5-4-6-10-11-7-12(15)16-9(2)14(11)17(3)13(8)10/h4-7H,1-3H3. The molecule has 2 aromatic heterocycles. The second-order valence-corrected chi connectivity index (χ2v) is 4.84. The van der Waals surface area contributed by atoms with E-state index in [0.717, 1.165) is 5.69 Å². The lowest BCUT2D eigenvalue weighted by Gasteiger charge is -2.02. The third kappa shape index (κ3) is 1.37. The number of hydrogen-bond donors (Lipinski definition) is 0. The van der Waals surface area contributed by atoms with Crippen molar-refractivity contribution in [2.24, 2.45) is 7.05 Å². The van der Waals surface area contributed by atoms with Gasteiger partial charge in [0.15, 0.2) is 0 Å². The molecule has 3 heteroatoms. The van der Waals surface area contributed by atoms with Crippen LogP contribution in [-0.2, 0) is 7.05 Å². The first-order valence-electron chi connectivity index (χ1n) is 5.60. The lowest BCUT2D eigenvalue weighted by atomic mass is 10.1. The predicted octanol–water partition coefficient (Wildman–Crippen LogP) is 4.00. The highest BCUT2D eigenvalue weighted by Crippen LogP contribution is 2.32. The van der Waals surface area contributed by atoms with Gasteiger partial charge in [0.25, 0.3) is 0 Å². The first-order chi connectivity index (χ1) is 8.09. The summed E-state index contributed by atoms with van der Waals surface area (Å²) in [5, 5.41) is 2.99. The average molecular weight is 245 g/mol. The summed E-state index contributed by atoms with van der Waals surface area (Å²) in [4.78, 5) is 4.33. The monoisotopic (exact) mass is 244 g/mol. The fourth-order valence-corrected chi connectivity index (χ4v) is 2.93. The number of aromatic nitrogens is 2. The molecule has 0 saturated carbocycles. The summed E-state index contributed by atoms with van der Waals surface area (Å²) in [5.74, 6) is 0. The van der Waals surface area contributed by atoms with Crippen molar-refractivity contribution < 1.29 is 0 Å². The molecule has 2 nitrogen and oxygen atoms in total. The smallest absolute Gasteiger partial charge is 0.130 e. The van der Waals surface area contributed by atoms with E-state index in [4.69, 9.17) is 11.6 Å². The maximum atomic E-state index is 6.05. The van der Waals surface area contributed by atoms with Crippen molar-refractivity contribution in [3.05, 3.63) is 40.7 Å². The minimum absolute atomic E-state index is 0.559. The molecule has 0 atom stereocenters. The molecule has 0 unspecified atom stereocenters. The molecule has 0 fully saturated rings. The molecule has 86 valence electrons. The van der Waals surface area contributed by atoms with Crippen LogP contribution in [-0.4, -0.2) is 9.55 Å². The van der Waals surface area contributed by atoms with Crippen molar-refractivity contribution in [3.63, 3.8) is 0 Å². The Labute approximate surface area is 105 Å². The molecule has 0 amide bonds. The molecule has 3 rings (SSSR count). The van der Waals surface area contributed by atoms with Crippen molar-refractivity contribution in [1.82, 2.24) is 9.55 Å². The Kier molecular flexibility index (Phi) is 2.17. The third-order valence-electron chi connectivity index (χ3n) is 3.33. The van der Waals surface area contributed by atoms with Crippen LogP contribution in [0.5, 0.6) is 0 Å². The Bertz CT molecular complexity index is 741. The normalized spacial score (nSPS) is 11.5. The maximum absolute atomic E-state index is 6.05. The summed E-state index contributed by atoms with van der Waals surface area (Å²) >= 11 is 6.05. The van der Waals surface area contributed by atoms with E-state index in [0.29, 0.717) is 5.15 Å². The van der Waals surface area contributed by atoms with Crippen LogP contribution in [0.3, 0.4) is 0 Å². The molecule has 0 bridgehead atoms. The molecule has 17 heavy (non-hydrogen) atoms. The van der Waals surface area contributed by atoms with E-state index in [-0.39, 0.29) is 0 Å². The number of halogens is 1. The molecule has 0 saturated heterocycles. The molecule has 0 aliphatic heterocycles. The van der Waals surface area contributed by atoms with Crippen LogP contribution in [0.2, 0.25) is 5.15 Å². The number of nitrogens with zero attached hydrogens (tertiary/aromatic N) is 2. The van der Waals surface area contributed by atoms with Crippen molar-refractivity contribution in [2.45, 2.75) is 13.8 Å². The van der Waals surface area contributed by atoms with Crippen LogP contribution in [0.1, 0.15) is 11.3 Å². The summed E-state index contributed by atoms with van der Waals surface area (Å²) < 4.78 is 2.21. The number of benzene rings is 1. The minimum atomic E-state index is 0.559. The first-order valence-corrected chi connectivity index (χ1v) is 5.98. The van der Waals surface area contributed by atoms with Gasteiger partial charge < -0.3 is 4.57 Å². The summed E-state index contributed by atoms with van der Waals surface area (Å²) in [7, 11) is 2.08. The van der Waals surface area contributed by atoms with Gasteiger partial charge in [0.2, 0.25) is 0 Å². The quantitative estimate of drug-likeness (QED) is 0.547. The predicted molar refractivity (Wildman–Crippen MR) is 72.7 cm³/mol. The number of fused-ring (bicyclic) bond motifs is 3. The molecule has 2 heterocycles. The maximum Gasteiger partial charge on any atom is 0.130 e. The van der Waals surface area contributed by atoms with Crippen molar-refractivity contribution >= 4 is 33.4 Å². The molecule has 0 spiro atoms. The van der Waals surface area contributed by atoms with Crippen LogP contribution in [0.4, 0.5) is 0 Å². The number of hydrogen-bond acceptors (Lipinski definition) is 1. The molecule has 0 radical (unpaired) electrons. The van der Waals surface area contributed by atoms with Gasteiger partial charge in [-0.1, -0.05) is 29.8 Å². The van der Waals surface area contributed by atoms with E-state index in [1.54, 1.807) is 0 Å². The number of para-hydroxylation sites is 1. The van der Waals surface area contributed by atoms with Gasteiger partial charge in [0.1, 0.15) is 5.15 Å². The van der Waals surface area contributed by atoms with E-state index < -0.39 is 0 Å². The molecular formula is C14H13ClN2. The fourth-order valence-electron chi connectivity index (χ4n) is 2.69. The van der Waals surface area contributed by atoms with E-state index in [1.165, 1.54) is 27.4 Å². The zero-order valence-electron chi connectivity index (χ0n) is 10.1. The van der Waals surface area contributed by atoms with Gasteiger partial charge in [-0.25, -0.2) is 4.98 Å². The summed E-state index contributed by atoms with van der Waals surface area (Å²) in [5.41, 5.74) is 4.68. The van der Waals surface area contributed by atoms with Crippen molar-refractivity contribution in [2.75, 3.05) is 0 Å². The second-order valence-electron chi connectivity index (χ2n) is 4.46. The molecule has 1 aromatic carbocycles. The average Bonchev–Trinajstić information content (AvgIpc) is 2.54. The second kappa shape index (κ2) is 3.47. The van der Waals surface area contributed by atoms with Crippen molar-refractivity contribution in [1.29, 1.82) is 0 Å². The van der Waals surface area contributed by atoms with E-state index in [2.05, 4.69) is 41.7 Å². The van der Waals surface area contributed by atoms with Crippen LogP contribution >= 0.6 is 11.6 Å². The van der Waals surface area contributed by atoms with Gasteiger partial charge in [-0.05, 0) is 25.5 Å². The highest BCUT2D eigenvalue weighted by Gasteiger charge is 2.13. The fraction of sp³-hybridized carbons (Fsp3) is 0.214. The Morgan fingerprint density at radius 2 is 1.88 bits per heavy atom. The molecule has 0 N–H and O–H groups in total. The number of aryl methyl sites for hydroxylation is 3. The Hall–Kier alpha value is -1.54. The van der Waals surface area contributed by atoms with Crippen molar-refractivity contribution in [3.8, 4) is 0 Å². The van der Waals surface area contributed by atoms with Crippen LogP contribution in [0.15, 0.2) is 24.3 Å². The third-order valence-corrected chi connectivity index (χ3v) is 3.53. The van der Waals surface area contributed by atoms with E-state index in [1.807, 2.05) is 13.0 Å². The van der Waals surface area contributed by atoms with Gasteiger partial charge in [0.05, 0.1) is 16.7 Å². The van der Waals surface area contributed by atoms with Gasteiger partial charge in [-0.15, -0.1) is 0 Å². The van der Waals surface area contributed by atoms with Crippen LogP contribution < -0.4 is 0 Å². The summed E-state index contributed by atoms with van der Waals surface area (Å²) in [6.07, 6.45) is 0. The van der Waals surface area contributed by atoms with Gasteiger partial charge in [0, 0.05) is 17.8 Å². The number of pyridine rings is 1. The SMILES string of the molecule is Cc1cccc2c3cc(Cl)nc(C)c3n(C)c12. The highest BCUT2D eigenvalue weighted by molar-refractivity contribution is 6.30. The molecular weight excluding hydrogens is 232 g/mol. The minimum Gasteiger partial charge on any atom is -0.342 e. The van der Waals surface area contributed by atoms with E-state index in [9.17, 15) is 0 Å². The summed E-state index contributed by atoms with van der Waals surface area (Å²) in [6.45, 7) is 4.13. The Morgan fingerprint density at radius 1 is 1.12 bits per heavy atom. The van der Waals surface area contributed by atoms with Gasteiger partial charge >= 0.3 is 0 Å². The van der Waals surface area contributed by atoms with Gasteiger partial charge in [-0.2, -0.15) is 0 Å². The molecule has 3 aromatic rings. The lowest BCUT2D eigenvalue weighted by Crippen LogP contribution is -1.92. The largest absolute Gasteiger partial charge is 0.342 e. The Morgan fingerprint density at radius 3 is 2.65 bits per heavy atom. The van der Waals surface area contributed by atoms with Crippen LogP contribution in [0, 0.1) is 13.8 Å². The topological polar surface area (TPSA) is 17.8 Å². The number of rotatable bonds is 0. The zero-order valence-corrected chi connectivity index (χ0v) is 10.8. The zero-order chi connectivity index (χ0) is 12.2. The molecule has 0 aliphatic carbocycles. The van der Waals surface area contributed by atoms with Crippen LogP contribution in [0.25, 0.3) is 21.8 Å². The van der Waals surface area contributed by atoms with Gasteiger partial charge in [-0.3, -0.25) is 0 Å².